The van der Waals surface area contributed by atoms with Crippen LogP contribution in [0.2, 0.25) is 0 Å². The van der Waals surface area contributed by atoms with Crippen LogP contribution in [0, 0.1) is 0 Å². The first-order valence-corrected chi connectivity index (χ1v) is 7.90. The van der Waals surface area contributed by atoms with Crippen molar-refractivity contribution in [3.05, 3.63) is 22.4 Å². The van der Waals surface area contributed by atoms with Gasteiger partial charge in [-0.05, 0) is 42.3 Å². The lowest BCUT2D eigenvalue weighted by atomic mass is 10.1. The number of rotatable bonds is 6. The van der Waals surface area contributed by atoms with E-state index in [1.165, 1.54) is 11.8 Å². The van der Waals surface area contributed by atoms with Gasteiger partial charge in [0.2, 0.25) is 0 Å². The molecular formula is C10H17NO2S2. The van der Waals surface area contributed by atoms with Crippen LogP contribution in [0.15, 0.2) is 16.8 Å². The zero-order valence-corrected chi connectivity index (χ0v) is 10.7. The van der Waals surface area contributed by atoms with Crippen LogP contribution in [0.25, 0.3) is 0 Å². The summed E-state index contributed by atoms with van der Waals surface area (Å²) in [6.07, 6.45) is 2.85. The van der Waals surface area contributed by atoms with E-state index in [9.17, 15) is 8.42 Å². The predicted molar refractivity (Wildman–Crippen MR) is 65.1 cm³/mol. The van der Waals surface area contributed by atoms with Crippen molar-refractivity contribution in [3.8, 4) is 0 Å². The first-order chi connectivity index (χ1) is 7.03. The van der Waals surface area contributed by atoms with Gasteiger partial charge >= 0.3 is 0 Å². The van der Waals surface area contributed by atoms with Crippen LogP contribution in [0.4, 0.5) is 0 Å². The Morgan fingerprint density at radius 3 is 2.73 bits per heavy atom. The Morgan fingerprint density at radius 1 is 1.53 bits per heavy atom. The van der Waals surface area contributed by atoms with Gasteiger partial charge in [-0.3, -0.25) is 0 Å². The Kier molecular flexibility index (Phi) is 4.76. The van der Waals surface area contributed by atoms with Gasteiger partial charge in [0, 0.05) is 18.1 Å². The maximum Gasteiger partial charge on any atom is 0.147 e. The van der Waals surface area contributed by atoms with Gasteiger partial charge in [-0.1, -0.05) is 0 Å². The highest BCUT2D eigenvalue weighted by atomic mass is 32.2. The van der Waals surface area contributed by atoms with E-state index in [1.54, 1.807) is 11.3 Å². The van der Waals surface area contributed by atoms with Gasteiger partial charge in [-0.25, -0.2) is 8.42 Å². The molecule has 0 fully saturated rings. The molecule has 0 saturated heterocycles. The first-order valence-electron chi connectivity index (χ1n) is 4.90. The van der Waals surface area contributed by atoms with Gasteiger partial charge in [0.25, 0.3) is 0 Å². The summed E-state index contributed by atoms with van der Waals surface area (Å²) in [5.41, 5.74) is 1.25. The Hall–Kier alpha value is -0.390. The van der Waals surface area contributed by atoms with Gasteiger partial charge in [-0.2, -0.15) is 11.3 Å². The molecule has 86 valence electrons. The summed E-state index contributed by atoms with van der Waals surface area (Å²) in [6.45, 7) is 0. The molecule has 1 unspecified atom stereocenters. The maximum atomic E-state index is 11.0. The van der Waals surface area contributed by atoms with Crippen LogP contribution < -0.4 is 5.32 Å². The van der Waals surface area contributed by atoms with Crippen molar-refractivity contribution in [2.75, 3.05) is 19.1 Å². The van der Waals surface area contributed by atoms with E-state index in [-0.39, 0.29) is 11.8 Å². The molecule has 0 bridgehead atoms. The first kappa shape index (κ1) is 12.7. The molecule has 5 heteroatoms. The Morgan fingerprint density at radius 2 is 2.27 bits per heavy atom. The largest absolute Gasteiger partial charge is 0.313 e. The Balaban J connectivity index is 2.42. The maximum absolute atomic E-state index is 11.0. The molecule has 0 aromatic carbocycles. The summed E-state index contributed by atoms with van der Waals surface area (Å²) in [6, 6.07) is 2.35. The fourth-order valence-electron chi connectivity index (χ4n) is 1.50. The molecule has 1 aromatic heterocycles. The van der Waals surface area contributed by atoms with Crippen molar-refractivity contribution in [1.29, 1.82) is 0 Å². The quantitative estimate of drug-likeness (QED) is 0.834. The lowest BCUT2D eigenvalue weighted by Crippen LogP contribution is -2.17. The molecule has 0 amide bonds. The van der Waals surface area contributed by atoms with Crippen LogP contribution in [0.5, 0.6) is 0 Å². The number of nitrogens with one attached hydrogen (secondary N) is 1. The van der Waals surface area contributed by atoms with Crippen molar-refractivity contribution < 1.29 is 8.42 Å². The fraction of sp³-hybridized carbons (Fsp3) is 0.600. The van der Waals surface area contributed by atoms with Crippen molar-refractivity contribution in [1.82, 2.24) is 5.32 Å². The minimum Gasteiger partial charge on any atom is -0.313 e. The molecule has 15 heavy (non-hydrogen) atoms. The van der Waals surface area contributed by atoms with E-state index in [2.05, 4.69) is 16.8 Å². The molecule has 0 spiro atoms. The summed E-state index contributed by atoms with van der Waals surface area (Å²) < 4.78 is 21.9. The summed E-state index contributed by atoms with van der Waals surface area (Å²) in [5.74, 6) is 0.273. The standard InChI is InChI=1S/C10H17NO2S2/c1-11-10(9-5-6-14-8-9)4-3-7-15(2,12)13/h5-6,8,10-11H,3-4,7H2,1-2H3. The second-order valence-corrected chi connectivity index (χ2v) is 6.71. The third-order valence-corrected chi connectivity index (χ3v) is 4.03. The van der Waals surface area contributed by atoms with Crippen LogP contribution in [0.1, 0.15) is 24.4 Å². The van der Waals surface area contributed by atoms with E-state index in [0.29, 0.717) is 6.42 Å². The Labute approximate surface area is 95.4 Å². The molecule has 1 atom stereocenters. The summed E-state index contributed by atoms with van der Waals surface area (Å²) in [4.78, 5) is 0. The topological polar surface area (TPSA) is 46.2 Å². The molecule has 1 aromatic rings. The minimum absolute atomic E-state index is 0.273. The highest BCUT2D eigenvalue weighted by molar-refractivity contribution is 7.90. The fourth-order valence-corrected chi connectivity index (χ4v) is 2.91. The van der Waals surface area contributed by atoms with Crippen LogP contribution in [-0.2, 0) is 9.84 Å². The molecule has 1 rings (SSSR count). The van der Waals surface area contributed by atoms with Gasteiger partial charge in [0.1, 0.15) is 9.84 Å². The third-order valence-electron chi connectivity index (χ3n) is 2.30. The number of hydrogen-bond acceptors (Lipinski definition) is 4. The smallest absolute Gasteiger partial charge is 0.147 e. The number of sulfone groups is 1. The summed E-state index contributed by atoms with van der Waals surface area (Å²) in [7, 11) is -0.916. The van der Waals surface area contributed by atoms with E-state index in [1.807, 2.05) is 12.4 Å². The van der Waals surface area contributed by atoms with Gasteiger partial charge in [-0.15, -0.1) is 0 Å². The van der Waals surface area contributed by atoms with Crippen molar-refractivity contribution in [2.45, 2.75) is 18.9 Å². The van der Waals surface area contributed by atoms with E-state index < -0.39 is 9.84 Å². The van der Waals surface area contributed by atoms with Crippen LogP contribution in [-0.4, -0.2) is 27.5 Å². The van der Waals surface area contributed by atoms with Crippen LogP contribution >= 0.6 is 11.3 Å². The number of thiophene rings is 1. The Bertz CT molecular complexity index is 370. The molecule has 0 aliphatic heterocycles. The average Bonchev–Trinajstić information content (AvgIpc) is 2.63. The van der Waals surface area contributed by atoms with Gasteiger partial charge < -0.3 is 5.32 Å². The lowest BCUT2D eigenvalue weighted by Gasteiger charge is -2.14. The van der Waals surface area contributed by atoms with Crippen molar-refractivity contribution >= 4 is 21.2 Å². The van der Waals surface area contributed by atoms with Crippen LogP contribution in [0.3, 0.4) is 0 Å². The van der Waals surface area contributed by atoms with E-state index >= 15 is 0 Å². The molecule has 0 aliphatic carbocycles. The highest BCUT2D eigenvalue weighted by Gasteiger charge is 2.10. The van der Waals surface area contributed by atoms with E-state index in [4.69, 9.17) is 0 Å². The zero-order valence-electron chi connectivity index (χ0n) is 9.06. The SMILES string of the molecule is CNC(CCCS(C)(=O)=O)c1ccsc1. The molecule has 0 saturated carbocycles. The monoisotopic (exact) mass is 247 g/mol. The molecule has 3 nitrogen and oxygen atoms in total. The van der Waals surface area contributed by atoms with E-state index in [0.717, 1.165) is 6.42 Å². The predicted octanol–water partition coefficient (Wildman–Crippen LogP) is 1.83. The average molecular weight is 247 g/mol. The summed E-state index contributed by atoms with van der Waals surface area (Å²) in [5, 5.41) is 7.34. The third kappa shape index (κ3) is 4.77. The molecule has 1 heterocycles. The molecule has 0 aliphatic rings. The second kappa shape index (κ2) is 5.63. The van der Waals surface area contributed by atoms with Gasteiger partial charge in [0.15, 0.2) is 0 Å². The second-order valence-electron chi connectivity index (χ2n) is 3.67. The highest BCUT2D eigenvalue weighted by Crippen LogP contribution is 2.20. The van der Waals surface area contributed by atoms with Gasteiger partial charge in [0.05, 0.1) is 0 Å². The molecular weight excluding hydrogens is 230 g/mol. The zero-order chi connectivity index (χ0) is 11.3. The van der Waals surface area contributed by atoms with Crippen molar-refractivity contribution in [3.63, 3.8) is 0 Å². The summed E-state index contributed by atoms with van der Waals surface area (Å²) >= 11 is 1.66. The molecule has 0 radical (unpaired) electrons. The van der Waals surface area contributed by atoms with Crippen molar-refractivity contribution in [2.24, 2.45) is 0 Å². The minimum atomic E-state index is -2.82. The normalized spacial score (nSPS) is 14.0. The lowest BCUT2D eigenvalue weighted by molar-refractivity contribution is 0.537. The number of hydrogen-bond donors (Lipinski definition) is 1. The molecule has 1 N–H and O–H groups in total.